The number of carbonyl (C=O) groups excluding carboxylic acids is 3. The Bertz CT molecular complexity index is 467. The second kappa shape index (κ2) is 10.8. The minimum atomic E-state index is -0.978. The Morgan fingerprint density at radius 2 is 1.46 bits per heavy atom. The van der Waals surface area contributed by atoms with Crippen LogP contribution in [0.5, 0.6) is 0 Å². The van der Waals surface area contributed by atoms with Gasteiger partial charge in [0.1, 0.15) is 11.2 Å². The predicted molar refractivity (Wildman–Crippen MR) is 94.8 cm³/mol. The number of amides is 2. The number of rotatable bonds is 8. The summed E-state index contributed by atoms with van der Waals surface area (Å²) in [5, 5.41) is 5.01. The molecule has 0 aliphatic heterocycles. The van der Waals surface area contributed by atoms with Gasteiger partial charge in [0.25, 0.3) is 0 Å². The van der Waals surface area contributed by atoms with E-state index in [2.05, 4.69) is 15.4 Å². The van der Waals surface area contributed by atoms with Gasteiger partial charge < -0.3 is 29.6 Å². The van der Waals surface area contributed by atoms with E-state index in [9.17, 15) is 14.4 Å². The lowest BCUT2D eigenvalue weighted by Gasteiger charge is -2.22. The first kappa shape index (κ1) is 24.0. The third kappa shape index (κ3) is 13.3. The fourth-order valence-electron chi connectivity index (χ4n) is 1.64. The number of ether oxygens (including phenoxy) is 4. The maximum Gasteiger partial charge on any atom is 0.408 e. The second-order valence-corrected chi connectivity index (χ2v) is 7.58. The van der Waals surface area contributed by atoms with E-state index in [0.717, 1.165) is 0 Å². The highest BCUT2D eigenvalue weighted by Crippen LogP contribution is 2.07. The number of nitrogens with one attached hydrogen (secondary N) is 2. The SMILES string of the molecule is COC(=O)[C@H](COCCCNC(=O)OC(C)(C)C)NC(=O)OC(C)(C)C. The molecule has 0 aromatic heterocycles. The van der Waals surface area contributed by atoms with Crippen LogP contribution in [0.4, 0.5) is 9.59 Å². The van der Waals surface area contributed by atoms with Gasteiger partial charge in [0.05, 0.1) is 13.7 Å². The first-order valence-corrected chi connectivity index (χ1v) is 8.46. The van der Waals surface area contributed by atoms with Crippen LogP contribution >= 0.6 is 0 Å². The molecule has 0 rings (SSSR count). The van der Waals surface area contributed by atoms with E-state index < -0.39 is 35.4 Å². The lowest BCUT2D eigenvalue weighted by molar-refractivity contribution is -0.144. The summed E-state index contributed by atoms with van der Waals surface area (Å²) in [6, 6.07) is -0.978. The monoisotopic (exact) mass is 376 g/mol. The number of alkyl carbamates (subject to hydrolysis) is 2. The Hall–Kier alpha value is -2.03. The van der Waals surface area contributed by atoms with Crippen molar-refractivity contribution in [2.45, 2.75) is 65.2 Å². The molecule has 0 heterocycles. The first-order valence-electron chi connectivity index (χ1n) is 8.46. The van der Waals surface area contributed by atoms with Gasteiger partial charge in [-0.25, -0.2) is 14.4 Å². The highest BCUT2D eigenvalue weighted by molar-refractivity contribution is 5.81. The van der Waals surface area contributed by atoms with Crippen molar-refractivity contribution in [3.63, 3.8) is 0 Å². The van der Waals surface area contributed by atoms with E-state index in [1.807, 2.05) is 0 Å². The summed E-state index contributed by atoms with van der Waals surface area (Å²) < 4.78 is 20.2. The van der Waals surface area contributed by atoms with Crippen molar-refractivity contribution < 1.29 is 33.3 Å². The van der Waals surface area contributed by atoms with E-state index in [0.29, 0.717) is 13.0 Å². The lowest BCUT2D eigenvalue weighted by Crippen LogP contribution is -2.46. The summed E-state index contributed by atoms with van der Waals surface area (Å²) in [5.41, 5.74) is -1.24. The fraction of sp³-hybridized carbons (Fsp3) is 0.824. The summed E-state index contributed by atoms with van der Waals surface area (Å²) in [6.45, 7) is 11.0. The number of methoxy groups -OCH3 is 1. The van der Waals surface area contributed by atoms with E-state index in [-0.39, 0.29) is 13.2 Å². The topological polar surface area (TPSA) is 112 Å². The molecule has 0 saturated carbocycles. The van der Waals surface area contributed by atoms with Crippen molar-refractivity contribution >= 4 is 18.2 Å². The molecule has 2 amide bonds. The third-order valence-electron chi connectivity index (χ3n) is 2.59. The second-order valence-electron chi connectivity index (χ2n) is 7.58. The van der Waals surface area contributed by atoms with Gasteiger partial charge in [-0.2, -0.15) is 0 Å². The average molecular weight is 376 g/mol. The first-order chi connectivity index (χ1) is 11.8. The molecule has 152 valence electrons. The molecule has 0 aromatic rings. The van der Waals surface area contributed by atoms with Crippen LogP contribution in [0.1, 0.15) is 48.0 Å². The van der Waals surface area contributed by atoms with Crippen LogP contribution in [0.2, 0.25) is 0 Å². The van der Waals surface area contributed by atoms with Gasteiger partial charge in [-0.1, -0.05) is 0 Å². The van der Waals surface area contributed by atoms with Crippen LogP contribution in [-0.2, 0) is 23.7 Å². The van der Waals surface area contributed by atoms with Crippen LogP contribution in [-0.4, -0.2) is 62.3 Å². The molecule has 0 aromatic carbocycles. The summed E-state index contributed by atoms with van der Waals surface area (Å²) >= 11 is 0. The van der Waals surface area contributed by atoms with Crippen LogP contribution in [0.15, 0.2) is 0 Å². The summed E-state index contributed by atoms with van der Waals surface area (Å²) in [5.74, 6) is -0.636. The molecule has 0 unspecified atom stereocenters. The van der Waals surface area contributed by atoms with E-state index in [1.165, 1.54) is 7.11 Å². The number of carbonyl (C=O) groups is 3. The van der Waals surface area contributed by atoms with Gasteiger partial charge >= 0.3 is 18.2 Å². The van der Waals surface area contributed by atoms with Gasteiger partial charge in [-0.3, -0.25) is 0 Å². The van der Waals surface area contributed by atoms with Crippen molar-refractivity contribution in [3.05, 3.63) is 0 Å². The maximum absolute atomic E-state index is 11.8. The Labute approximate surface area is 155 Å². The Morgan fingerprint density at radius 1 is 0.923 bits per heavy atom. The molecule has 1 atom stereocenters. The molecule has 0 bridgehead atoms. The molecule has 0 aliphatic carbocycles. The van der Waals surface area contributed by atoms with Crippen molar-refractivity contribution in [2.75, 3.05) is 26.9 Å². The molecule has 0 saturated heterocycles. The van der Waals surface area contributed by atoms with Gasteiger partial charge in [-0.15, -0.1) is 0 Å². The Balaban J connectivity index is 4.14. The van der Waals surface area contributed by atoms with Gasteiger partial charge in [0.2, 0.25) is 0 Å². The van der Waals surface area contributed by atoms with Gasteiger partial charge in [-0.05, 0) is 48.0 Å². The van der Waals surface area contributed by atoms with E-state index in [1.54, 1.807) is 41.5 Å². The molecular formula is C17H32N2O7. The van der Waals surface area contributed by atoms with E-state index >= 15 is 0 Å². The molecule has 0 radical (unpaired) electrons. The summed E-state index contributed by atoms with van der Waals surface area (Å²) in [6.07, 6.45) is -0.723. The standard InChI is InChI=1S/C17H32N2O7/c1-16(2,3)25-14(21)18-9-8-10-24-11-12(13(20)23-7)19-15(22)26-17(4,5)6/h12H,8-11H2,1-7H3,(H,18,21)(H,19,22)/t12-/m0/s1. The summed E-state index contributed by atoms with van der Waals surface area (Å²) in [7, 11) is 1.22. The van der Waals surface area contributed by atoms with Gasteiger partial charge in [0, 0.05) is 13.2 Å². The van der Waals surface area contributed by atoms with Crippen LogP contribution in [0, 0.1) is 0 Å². The zero-order valence-electron chi connectivity index (χ0n) is 16.8. The third-order valence-corrected chi connectivity index (χ3v) is 2.59. The van der Waals surface area contributed by atoms with Crippen LogP contribution in [0.3, 0.4) is 0 Å². The van der Waals surface area contributed by atoms with E-state index in [4.69, 9.17) is 14.2 Å². The molecular weight excluding hydrogens is 344 g/mol. The van der Waals surface area contributed by atoms with Crippen molar-refractivity contribution in [1.29, 1.82) is 0 Å². The van der Waals surface area contributed by atoms with Crippen LogP contribution < -0.4 is 10.6 Å². The van der Waals surface area contributed by atoms with Crippen molar-refractivity contribution in [2.24, 2.45) is 0 Å². The minimum Gasteiger partial charge on any atom is -0.467 e. The molecule has 0 fully saturated rings. The van der Waals surface area contributed by atoms with Crippen molar-refractivity contribution in [1.82, 2.24) is 10.6 Å². The zero-order valence-corrected chi connectivity index (χ0v) is 16.8. The normalized spacial score (nSPS) is 12.7. The molecule has 9 nitrogen and oxygen atoms in total. The summed E-state index contributed by atoms with van der Waals surface area (Å²) in [4.78, 5) is 34.9. The quantitative estimate of drug-likeness (QED) is 0.378. The average Bonchev–Trinajstić information content (AvgIpc) is 2.44. The maximum atomic E-state index is 11.8. The fourth-order valence-corrected chi connectivity index (χ4v) is 1.64. The predicted octanol–water partition coefficient (Wildman–Crippen LogP) is 1.98. The van der Waals surface area contributed by atoms with Gasteiger partial charge in [0.15, 0.2) is 6.04 Å². The highest BCUT2D eigenvalue weighted by Gasteiger charge is 2.25. The molecule has 2 N–H and O–H groups in total. The highest BCUT2D eigenvalue weighted by atomic mass is 16.6. The number of hydrogen-bond donors (Lipinski definition) is 2. The largest absolute Gasteiger partial charge is 0.467 e. The van der Waals surface area contributed by atoms with Crippen LogP contribution in [0.25, 0.3) is 0 Å². The molecule has 0 spiro atoms. The molecule has 26 heavy (non-hydrogen) atoms. The zero-order chi connectivity index (χ0) is 20.4. The molecule has 0 aliphatic rings. The smallest absolute Gasteiger partial charge is 0.408 e. The number of esters is 1. The Morgan fingerprint density at radius 3 is 1.96 bits per heavy atom. The lowest BCUT2D eigenvalue weighted by atomic mass is 10.2. The Kier molecular flexibility index (Phi) is 10.0. The minimum absolute atomic E-state index is 0.0711. The molecule has 9 heteroatoms. The van der Waals surface area contributed by atoms with Crippen molar-refractivity contribution in [3.8, 4) is 0 Å². The number of hydrogen-bond acceptors (Lipinski definition) is 7.